The molecule has 1 aliphatic heterocycles. The lowest BCUT2D eigenvalue weighted by Gasteiger charge is -2.22. The van der Waals surface area contributed by atoms with E-state index in [4.69, 9.17) is 16.9 Å². The van der Waals surface area contributed by atoms with Gasteiger partial charge in [0, 0.05) is 28.8 Å². The zero-order chi connectivity index (χ0) is 17.8. The zero-order valence-corrected chi connectivity index (χ0v) is 14.7. The molecule has 25 heavy (non-hydrogen) atoms. The Morgan fingerprint density at radius 1 is 1.48 bits per heavy atom. The minimum Gasteiger partial charge on any atom is -0.388 e. The van der Waals surface area contributed by atoms with Gasteiger partial charge in [-0.2, -0.15) is 10.4 Å². The van der Waals surface area contributed by atoms with Gasteiger partial charge in [-0.05, 0) is 49.2 Å². The smallest absolute Gasteiger partial charge is 0.0941 e. The number of benzene rings is 1. The molecular formula is C19H21ClN4O. The molecule has 0 amide bonds. The summed E-state index contributed by atoms with van der Waals surface area (Å²) in [5.74, 6) is 0. The summed E-state index contributed by atoms with van der Waals surface area (Å²) in [6.07, 6.45) is 5.32. The summed E-state index contributed by atoms with van der Waals surface area (Å²) in [4.78, 5) is 0. The van der Waals surface area contributed by atoms with Crippen LogP contribution in [0.15, 0.2) is 42.7 Å². The van der Waals surface area contributed by atoms with Crippen molar-refractivity contribution in [2.45, 2.75) is 31.4 Å². The van der Waals surface area contributed by atoms with Crippen LogP contribution in [0.1, 0.15) is 37.0 Å². The summed E-state index contributed by atoms with van der Waals surface area (Å²) >= 11 is 6.17. The SMILES string of the molecule is C=C(C#N)C[C@H](O)c1ccc(Cl)cc1-c1cnn(C2CCNCC2)c1. The Balaban J connectivity index is 1.91. The Bertz CT molecular complexity index is 802. The molecule has 0 saturated carbocycles. The van der Waals surface area contributed by atoms with E-state index in [0.717, 1.165) is 42.6 Å². The second-order valence-electron chi connectivity index (χ2n) is 6.36. The van der Waals surface area contributed by atoms with Crippen LogP contribution in [-0.2, 0) is 0 Å². The maximum Gasteiger partial charge on any atom is 0.0941 e. The Morgan fingerprint density at radius 3 is 2.96 bits per heavy atom. The van der Waals surface area contributed by atoms with Crippen molar-refractivity contribution in [3.05, 3.63) is 53.3 Å². The minimum atomic E-state index is -0.804. The lowest BCUT2D eigenvalue weighted by Crippen LogP contribution is -2.29. The third kappa shape index (κ3) is 4.10. The lowest BCUT2D eigenvalue weighted by atomic mass is 9.95. The summed E-state index contributed by atoms with van der Waals surface area (Å²) in [5, 5.41) is 27.9. The zero-order valence-electron chi connectivity index (χ0n) is 14.0. The van der Waals surface area contributed by atoms with E-state index in [1.165, 1.54) is 0 Å². The van der Waals surface area contributed by atoms with Crippen molar-refractivity contribution in [1.82, 2.24) is 15.1 Å². The summed E-state index contributed by atoms with van der Waals surface area (Å²) in [5.41, 5.74) is 2.83. The Hall–Kier alpha value is -2.13. The van der Waals surface area contributed by atoms with E-state index in [1.54, 1.807) is 12.1 Å². The molecule has 3 rings (SSSR count). The fourth-order valence-electron chi connectivity index (χ4n) is 3.21. The minimum absolute atomic E-state index is 0.202. The number of hydrogen-bond donors (Lipinski definition) is 2. The van der Waals surface area contributed by atoms with Gasteiger partial charge in [-0.15, -0.1) is 0 Å². The third-order valence-electron chi connectivity index (χ3n) is 4.57. The number of hydrogen-bond acceptors (Lipinski definition) is 4. The van der Waals surface area contributed by atoms with Crippen LogP contribution in [-0.4, -0.2) is 28.0 Å². The number of nitrogens with one attached hydrogen (secondary N) is 1. The van der Waals surface area contributed by atoms with Crippen molar-refractivity contribution in [2.24, 2.45) is 0 Å². The monoisotopic (exact) mass is 356 g/mol. The first kappa shape index (κ1) is 17.7. The van der Waals surface area contributed by atoms with E-state index in [1.807, 2.05) is 29.2 Å². The Kier molecular flexibility index (Phi) is 5.54. The molecule has 0 bridgehead atoms. The number of piperidine rings is 1. The normalized spacial score (nSPS) is 16.4. The topological polar surface area (TPSA) is 73.9 Å². The molecule has 2 heterocycles. The summed E-state index contributed by atoms with van der Waals surface area (Å²) in [7, 11) is 0. The molecule has 6 heteroatoms. The number of aliphatic hydroxyl groups excluding tert-OH is 1. The van der Waals surface area contributed by atoms with Crippen molar-refractivity contribution < 1.29 is 5.11 Å². The fraction of sp³-hybridized carbons (Fsp3) is 0.368. The number of rotatable bonds is 5. The van der Waals surface area contributed by atoms with Gasteiger partial charge >= 0.3 is 0 Å². The number of aromatic nitrogens is 2. The van der Waals surface area contributed by atoms with Gasteiger partial charge in [0.1, 0.15) is 0 Å². The van der Waals surface area contributed by atoms with Crippen molar-refractivity contribution >= 4 is 11.6 Å². The molecule has 2 N–H and O–H groups in total. The summed E-state index contributed by atoms with van der Waals surface area (Å²) < 4.78 is 2.00. The van der Waals surface area contributed by atoms with Crippen LogP contribution in [0.3, 0.4) is 0 Å². The van der Waals surface area contributed by atoms with Gasteiger partial charge in [-0.3, -0.25) is 4.68 Å². The first-order valence-corrected chi connectivity index (χ1v) is 8.77. The molecule has 1 atom stereocenters. The van der Waals surface area contributed by atoms with E-state index in [2.05, 4.69) is 17.0 Å². The van der Waals surface area contributed by atoms with Crippen LogP contribution < -0.4 is 5.32 Å². The molecule has 0 unspecified atom stereocenters. The second-order valence-corrected chi connectivity index (χ2v) is 6.79. The van der Waals surface area contributed by atoms with Gasteiger partial charge in [-0.1, -0.05) is 24.2 Å². The highest BCUT2D eigenvalue weighted by Crippen LogP contribution is 2.34. The van der Waals surface area contributed by atoms with Crippen molar-refractivity contribution in [3.8, 4) is 17.2 Å². The largest absolute Gasteiger partial charge is 0.388 e. The van der Waals surface area contributed by atoms with Gasteiger partial charge in [0.05, 0.1) is 24.4 Å². The molecule has 0 spiro atoms. The van der Waals surface area contributed by atoms with E-state index in [9.17, 15) is 5.11 Å². The predicted molar refractivity (Wildman–Crippen MR) is 98.1 cm³/mol. The van der Waals surface area contributed by atoms with E-state index >= 15 is 0 Å². The lowest BCUT2D eigenvalue weighted by molar-refractivity contribution is 0.180. The van der Waals surface area contributed by atoms with Gasteiger partial charge in [-0.25, -0.2) is 0 Å². The molecule has 5 nitrogen and oxygen atoms in total. The van der Waals surface area contributed by atoms with Crippen molar-refractivity contribution in [3.63, 3.8) is 0 Å². The molecule has 1 fully saturated rings. The van der Waals surface area contributed by atoms with Crippen LogP contribution in [0.5, 0.6) is 0 Å². The van der Waals surface area contributed by atoms with E-state index in [0.29, 0.717) is 16.6 Å². The Morgan fingerprint density at radius 2 is 2.24 bits per heavy atom. The third-order valence-corrected chi connectivity index (χ3v) is 4.80. The molecule has 0 aliphatic carbocycles. The highest BCUT2D eigenvalue weighted by atomic mass is 35.5. The number of aliphatic hydroxyl groups is 1. The van der Waals surface area contributed by atoms with Crippen LogP contribution in [0.4, 0.5) is 0 Å². The van der Waals surface area contributed by atoms with Gasteiger partial charge in [0.25, 0.3) is 0 Å². The first-order valence-electron chi connectivity index (χ1n) is 8.39. The molecular weight excluding hydrogens is 336 g/mol. The van der Waals surface area contributed by atoms with Gasteiger partial charge in [0.15, 0.2) is 0 Å². The number of halogens is 1. The maximum absolute atomic E-state index is 10.5. The van der Waals surface area contributed by atoms with Crippen LogP contribution in [0.2, 0.25) is 5.02 Å². The van der Waals surface area contributed by atoms with Gasteiger partial charge < -0.3 is 10.4 Å². The summed E-state index contributed by atoms with van der Waals surface area (Å²) in [6, 6.07) is 7.75. The molecule has 1 aromatic heterocycles. The van der Waals surface area contributed by atoms with Crippen molar-refractivity contribution in [1.29, 1.82) is 5.26 Å². The summed E-state index contributed by atoms with van der Waals surface area (Å²) in [6.45, 7) is 5.65. The predicted octanol–water partition coefficient (Wildman–Crippen LogP) is 3.63. The fourth-order valence-corrected chi connectivity index (χ4v) is 3.38. The molecule has 1 aliphatic rings. The standard InChI is InChI=1S/C19H21ClN4O/c1-13(10-21)8-19(25)17-3-2-15(20)9-18(17)14-11-23-24(12-14)16-4-6-22-7-5-16/h2-3,9,11-12,16,19,22,25H,1,4-8H2/t19-/m0/s1. The maximum atomic E-state index is 10.5. The Labute approximate surface area is 152 Å². The van der Waals surface area contributed by atoms with E-state index < -0.39 is 6.10 Å². The highest BCUT2D eigenvalue weighted by Gasteiger charge is 2.19. The van der Waals surface area contributed by atoms with Crippen LogP contribution in [0, 0.1) is 11.3 Å². The van der Waals surface area contributed by atoms with Crippen LogP contribution in [0.25, 0.3) is 11.1 Å². The molecule has 1 aromatic carbocycles. The quantitative estimate of drug-likeness (QED) is 0.802. The molecule has 130 valence electrons. The van der Waals surface area contributed by atoms with E-state index in [-0.39, 0.29) is 6.42 Å². The van der Waals surface area contributed by atoms with Crippen molar-refractivity contribution in [2.75, 3.05) is 13.1 Å². The van der Waals surface area contributed by atoms with Crippen LogP contribution >= 0.6 is 11.6 Å². The molecule has 2 aromatic rings. The first-order chi connectivity index (χ1) is 12.1. The average molecular weight is 357 g/mol. The highest BCUT2D eigenvalue weighted by molar-refractivity contribution is 6.30. The number of nitriles is 1. The average Bonchev–Trinajstić information content (AvgIpc) is 3.12. The molecule has 0 radical (unpaired) electrons. The number of nitrogens with zero attached hydrogens (tertiary/aromatic N) is 3. The molecule has 1 saturated heterocycles. The second kappa shape index (κ2) is 7.83. The van der Waals surface area contributed by atoms with Gasteiger partial charge in [0.2, 0.25) is 0 Å².